The van der Waals surface area contributed by atoms with Crippen molar-refractivity contribution in [2.75, 3.05) is 13.6 Å². The van der Waals surface area contributed by atoms with E-state index in [0.717, 1.165) is 11.5 Å². The van der Waals surface area contributed by atoms with Crippen LogP contribution in [0.4, 0.5) is 0 Å². The molecule has 0 saturated heterocycles. The number of furan rings is 1. The molecule has 2 unspecified atom stereocenters. The summed E-state index contributed by atoms with van der Waals surface area (Å²) < 4.78 is 5.71. The Morgan fingerprint density at radius 3 is 2.67 bits per heavy atom. The Bertz CT molecular complexity index is 478. The molecule has 0 aliphatic rings. The van der Waals surface area contributed by atoms with Gasteiger partial charge in [-0.3, -0.25) is 4.90 Å². The molecule has 0 saturated carbocycles. The fourth-order valence-electron chi connectivity index (χ4n) is 2.12. The van der Waals surface area contributed by atoms with Crippen molar-refractivity contribution in [1.82, 2.24) is 4.90 Å². The molecule has 0 spiro atoms. The van der Waals surface area contributed by atoms with E-state index in [1.807, 2.05) is 19.1 Å². The average molecular weight is 264 g/mol. The molecule has 2 rings (SSSR count). The van der Waals surface area contributed by atoms with E-state index < -0.39 is 0 Å². The summed E-state index contributed by atoms with van der Waals surface area (Å²) in [5, 5.41) is 2.11. The highest BCUT2D eigenvalue weighted by Crippen LogP contribution is 2.31. The lowest BCUT2D eigenvalue weighted by Gasteiger charge is -2.30. The molecular formula is C14H20N2OS. The van der Waals surface area contributed by atoms with Gasteiger partial charge in [0.05, 0.1) is 6.04 Å². The molecule has 2 atom stereocenters. The summed E-state index contributed by atoms with van der Waals surface area (Å²) in [5.41, 5.74) is 5.91. The Kier molecular flexibility index (Phi) is 4.22. The van der Waals surface area contributed by atoms with Crippen molar-refractivity contribution in [3.8, 4) is 0 Å². The normalized spacial score (nSPS) is 14.9. The van der Waals surface area contributed by atoms with Crippen LogP contribution in [0.5, 0.6) is 0 Å². The molecule has 3 nitrogen and oxygen atoms in total. The minimum Gasteiger partial charge on any atom is -0.465 e. The van der Waals surface area contributed by atoms with Gasteiger partial charge < -0.3 is 10.2 Å². The molecule has 4 heteroatoms. The summed E-state index contributed by atoms with van der Waals surface area (Å²) in [6.07, 6.45) is 0. The van der Waals surface area contributed by atoms with Crippen molar-refractivity contribution < 1.29 is 4.42 Å². The fraction of sp³-hybridized carbons (Fsp3) is 0.429. The summed E-state index contributed by atoms with van der Waals surface area (Å²) in [7, 11) is 2.10. The molecular weight excluding hydrogens is 244 g/mol. The van der Waals surface area contributed by atoms with E-state index in [9.17, 15) is 0 Å². The van der Waals surface area contributed by atoms with Crippen LogP contribution in [0.25, 0.3) is 0 Å². The summed E-state index contributed by atoms with van der Waals surface area (Å²) in [5.74, 6) is 1.88. The monoisotopic (exact) mass is 264 g/mol. The molecule has 0 aliphatic carbocycles. The van der Waals surface area contributed by atoms with E-state index in [1.165, 1.54) is 4.88 Å². The number of likely N-dealkylation sites (N-methyl/N-ethyl adjacent to an activating group) is 1. The molecule has 0 radical (unpaired) electrons. The first-order chi connectivity index (χ1) is 8.63. The number of rotatable bonds is 5. The second kappa shape index (κ2) is 5.69. The van der Waals surface area contributed by atoms with Gasteiger partial charge >= 0.3 is 0 Å². The molecule has 0 bridgehead atoms. The molecule has 18 heavy (non-hydrogen) atoms. The fourth-order valence-corrected chi connectivity index (χ4v) is 2.95. The Balaban J connectivity index is 2.17. The lowest BCUT2D eigenvalue weighted by Crippen LogP contribution is -2.32. The van der Waals surface area contributed by atoms with Crippen molar-refractivity contribution in [3.05, 3.63) is 46.0 Å². The van der Waals surface area contributed by atoms with E-state index in [1.54, 1.807) is 11.3 Å². The second-order valence-corrected chi connectivity index (χ2v) is 5.54. The maximum absolute atomic E-state index is 5.91. The van der Waals surface area contributed by atoms with Crippen molar-refractivity contribution in [2.24, 2.45) is 5.73 Å². The van der Waals surface area contributed by atoms with Crippen LogP contribution in [-0.4, -0.2) is 18.5 Å². The first-order valence-electron chi connectivity index (χ1n) is 6.15. The molecule has 98 valence electrons. The number of nitrogens with two attached hydrogens (primary N) is 1. The van der Waals surface area contributed by atoms with Crippen molar-refractivity contribution in [2.45, 2.75) is 25.9 Å². The van der Waals surface area contributed by atoms with E-state index in [0.29, 0.717) is 12.6 Å². The van der Waals surface area contributed by atoms with Crippen LogP contribution < -0.4 is 5.73 Å². The molecule has 2 aromatic heterocycles. The van der Waals surface area contributed by atoms with Gasteiger partial charge in [-0.1, -0.05) is 6.07 Å². The molecule has 2 N–H and O–H groups in total. The number of aryl methyl sites for hydroxylation is 1. The molecule has 0 amide bonds. The van der Waals surface area contributed by atoms with Gasteiger partial charge in [0.2, 0.25) is 0 Å². The summed E-state index contributed by atoms with van der Waals surface area (Å²) in [6.45, 7) is 4.71. The van der Waals surface area contributed by atoms with Gasteiger partial charge in [0, 0.05) is 17.5 Å². The molecule has 0 aromatic carbocycles. The topological polar surface area (TPSA) is 42.4 Å². The molecule has 0 aliphatic heterocycles. The lowest BCUT2D eigenvalue weighted by atomic mass is 10.1. The Morgan fingerprint density at radius 2 is 2.17 bits per heavy atom. The first kappa shape index (κ1) is 13.3. The van der Waals surface area contributed by atoms with Crippen LogP contribution in [0.15, 0.2) is 34.1 Å². The van der Waals surface area contributed by atoms with Crippen LogP contribution in [-0.2, 0) is 0 Å². The number of hydrogen-bond acceptors (Lipinski definition) is 4. The van der Waals surface area contributed by atoms with Crippen molar-refractivity contribution in [3.63, 3.8) is 0 Å². The summed E-state index contributed by atoms with van der Waals surface area (Å²) in [4.78, 5) is 3.61. The zero-order chi connectivity index (χ0) is 13.1. The maximum Gasteiger partial charge on any atom is 0.122 e. The van der Waals surface area contributed by atoms with Crippen LogP contribution in [0, 0.1) is 6.92 Å². The molecule has 0 fully saturated rings. The smallest absolute Gasteiger partial charge is 0.122 e. The molecule has 2 aromatic rings. The first-order valence-corrected chi connectivity index (χ1v) is 7.03. The third-order valence-electron chi connectivity index (χ3n) is 3.37. The van der Waals surface area contributed by atoms with E-state index in [4.69, 9.17) is 10.2 Å². The zero-order valence-electron chi connectivity index (χ0n) is 11.1. The SMILES string of the molecule is Cc1ccc(C(CN)N(C)C(C)c2cccs2)o1. The Hall–Kier alpha value is -1.10. The largest absolute Gasteiger partial charge is 0.465 e. The highest BCUT2D eigenvalue weighted by molar-refractivity contribution is 7.10. The second-order valence-electron chi connectivity index (χ2n) is 4.56. The highest BCUT2D eigenvalue weighted by Gasteiger charge is 2.24. The van der Waals surface area contributed by atoms with Gasteiger partial charge in [0.15, 0.2) is 0 Å². The minimum atomic E-state index is 0.121. The van der Waals surface area contributed by atoms with Gasteiger partial charge in [-0.15, -0.1) is 11.3 Å². The van der Waals surface area contributed by atoms with E-state index in [2.05, 4.69) is 36.4 Å². The third-order valence-corrected chi connectivity index (χ3v) is 4.41. The third kappa shape index (κ3) is 2.66. The van der Waals surface area contributed by atoms with Crippen LogP contribution in [0.1, 0.15) is 35.4 Å². The van der Waals surface area contributed by atoms with Gasteiger partial charge in [0.1, 0.15) is 11.5 Å². The predicted molar refractivity (Wildman–Crippen MR) is 75.7 cm³/mol. The summed E-state index contributed by atoms with van der Waals surface area (Å²) in [6, 6.07) is 8.71. The van der Waals surface area contributed by atoms with E-state index >= 15 is 0 Å². The predicted octanol–water partition coefficient (Wildman–Crippen LogP) is 3.34. The summed E-state index contributed by atoms with van der Waals surface area (Å²) >= 11 is 1.77. The van der Waals surface area contributed by atoms with Gasteiger partial charge in [-0.2, -0.15) is 0 Å². The number of hydrogen-bond donors (Lipinski definition) is 1. The van der Waals surface area contributed by atoms with Crippen molar-refractivity contribution in [1.29, 1.82) is 0 Å². The van der Waals surface area contributed by atoms with Crippen LogP contribution in [0.2, 0.25) is 0 Å². The van der Waals surface area contributed by atoms with Gasteiger partial charge in [0.25, 0.3) is 0 Å². The highest BCUT2D eigenvalue weighted by atomic mass is 32.1. The number of thiophene rings is 1. The zero-order valence-corrected chi connectivity index (χ0v) is 11.9. The van der Waals surface area contributed by atoms with Crippen LogP contribution in [0.3, 0.4) is 0 Å². The van der Waals surface area contributed by atoms with Gasteiger partial charge in [-0.25, -0.2) is 0 Å². The lowest BCUT2D eigenvalue weighted by molar-refractivity contribution is 0.170. The number of nitrogens with zero attached hydrogens (tertiary/aromatic N) is 1. The van der Waals surface area contributed by atoms with Crippen molar-refractivity contribution >= 4 is 11.3 Å². The average Bonchev–Trinajstić information content (AvgIpc) is 3.00. The Labute approximate surface area is 112 Å². The van der Waals surface area contributed by atoms with E-state index in [-0.39, 0.29) is 6.04 Å². The standard InChI is InChI=1S/C14H20N2OS/c1-10-6-7-13(17-10)12(9-15)16(3)11(2)14-5-4-8-18-14/h4-8,11-12H,9,15H2,1-3H3. The maximum atomic E-state index is 5.91. The van der Waals surface area contributed by atoms with Gasteiger partial charge in [-0.05, 0) is 44.5 Å². The molecule has 2 heterocycles. The quantitative estimate of drug-likeness (QED) is 0.900. The minimum absolute atomic E-state index is 0.121. The van der Waals surface area contributed by atoms with Crippen LogP contribution >= 0.6 is 11.3 Å². The Morgan fingerprint density at radius 1 is 1.39 bits per heavy atom.